The maximum atomic E-state index is 13.2. The lowest BCUT2D eigenvalue weighted by molar-refractivity contribution is 0.0976. The lowest BCUT2D eigenvalue weighted by Crippen LogP contribution is -2.36. The van der Waals surface area contributed by atoms with E-state index in [2.05, 4.69) is 29.4 Å². The van der Waals surface area contributed by atoms with Gasteiger partial charge in [-0.2, -0.15) is 0 Å². The summed E-state index contributed by atoms with van der Waals surface area (Å²) in [5.74, 6) is 0.804. The van der Waals surface area contributed by atoms with Crippen molar-refractivity contribution in [2.45, 2.75) is 25.8 Å². The Balaban J connectivity index is 1.44. The molecule has 29 heavy (non-hydrogen) atoms. The maximum Gasteiger partial charge on any atom is 0.277 e. The van der Waals surface area contributed by atoms with Gasteiger partial charge >= 0.3 is 0 Å². The van der Waals surface area contributed by atoms with E-state index in [-0.39, 0.29) is 11.9 Å². The molecular weight excluding hydrogens is 362 g/mol. The van der Waals surface area contributed by atoms with Crippen LogP contribution in [0.3, 0.4) is 0 Å². The molecule has 1 aliphatic heterocycles. The summed E-state index contributed by atoms with van der Waals surface area (Å²) in [6.45, 7) is 2.84. The van der Waals surface area contributed by atoms with Crippen LogP contribution in [0.4, 0.5) is 11.4 Å². The molecule has 0 radical (unpaired) electrons. The summed E-state index contributed by atoms with van der Waals surface area (Å²) >= 11 is 0. The molecule has 1 atom stereocenters. The molecule has 3 aromatic rings. The first-order chi connectivity index (χ1) is 14.2. The molecule has 5 nitrogen and oxygen atoms in total. The standard InChI is InChI=1S/C24H25N3O2/c1-17-14-19-7-3-4-9-23(19)27(17)24(28)22-16-20(11-13-26-22)25-12-10-18-6-5-8-21(15-18)29-2/h3-9,11,13,15-17H,10,12,14H2,1-2H3,(H,25,26). The molecule has 1 amide bonds. The fraction of sp³-hybridized carbons (Fsp3) is 0.250. The second-order valence-electron chi connectivity index (χ2n) is 7.32. The summed E-state index contributed by atoms with van der Waals surface area (Å²) in [6.07, 6.45) is 3.42. The van der Waals surface area contributed by atoms with Crippen molar-refractivity contribution in [1.29, 1.82) is 0 Å². The molecule has 0 saturated carbocycles. The number of hydrogen-bond donors (Lipinski definition) is 1. The molecule has 2 aromatic carbocycles. The van der Waals surface area contributed by atoms with Gasteiger partial charge in [0.25, 0.3) is 5.91 Å². The average Bonchev–Trinajstić information content (AvgIpc) is 3.09. The Labute approximate surface area is 171 Å². The van der Waals surface area contributed by atoms with E-state index in [1.54, 1.807) is 13.3 Å². The molecule has 1 unspecified atom stereocenters. The quantitative estimate of drug-likeness (QED) is 0.684. The van der Waals surface area contributed by atoms with Gasteiger partial charge in [0.1, 0.15) is 11.4 Å². The van der Waals surface area contributed by atoms with Gasteiger partial charge in [-0.1, -0.05) is 30.3 Å². The van der Waals surface area contributed by atoms with Crippen LogP contribution in [0.15, 0.2) is 66.9 Å². The lowest BCUT2D eigenvalue weighted by Gasteiger charge is -2.22. The van der Waals surface area contributed by atoms with Crippen molar-refractivity contribution in [2.75, 3.05) is 23.9 Å². The summed E-state index contributed by atoms with van der Waals surface area (Å²) in [5.41, 5.74) is 4.75. The summed E-state index contributed by atoms with van der Waals surface area (Å²) < 4.78 is 5.27. The highest BCUT2D eigenvalue weighted by Gasteiger charge is 2.31. The van der Waals surface area contributed by atoms with Crippen LogP contribution >= 0.6 is 0 Å². The van der Waals surface area contributed by atoms with Crippen molar-refractivity contribution >= 4 is 17.3 Å². The minimum atomic E-state index is -0.0566. The molecule has 1 N–H and O–H groups in total. The number of nitrogens with zero attached hydrogens (tertiary/aromatic N) is 2. The van der Waals surface area contributed by atoms with Gasteiger partial charge in [0, 0.05) is 30.2 Å². The normalized spacial score (nSPS) is 15.1. The minimum Gasteiger partial charge on any atom is -0.497 e. The van der Waals surface area contributed by atoms with Crippen LogP contribution in [0.5, 0.6) is 5.75 Å². The van der Waals surface area contributed by atoms with E-state index in [1.807, 2.05) is 53.4 Å². The van der Waals surface area contributed by atoms with E-state index in [0.29, 0.717) is 5.69 Å². The average molecular weight is 387 g/mol. The molecule has 5 heteroatoms. The Kier molecular flexibility index (Phi) is 5.47. The van der Waals surface area contributed by atoms with Crippen LogP contribution in [-0.2, 0) is 12.8 Å². The monoisotopic (exact) mass is 387 g/mol. The summed E-state index contributed by atoms with van der Waals surface area (Å²) in [4.78, 5) is 19.4. The topological polar surface area (TPSA) is 54.5 Å². The van der Waals surface area contributed by atoms with E-state index >= 15 is 0 Å². The smallest absolute Gasteiger partial charge is 0.277 e. The second-order valence-corrected chi connectivity index (χ2v) is 7.32. The SMILES string of the molecule is COc1cccc(CCNc2ccnc(C(=O)N3c4ccccc4CC3C)c2)c1. The molecule has 1 aromatic heterocycles. The Bertz CT molecular complexity index is 1020. The predicted octanol–water partition coefficient (Wildman–Crippen LogP) is 4.34. The van der Waals surface area contributed by atoms with Gasteiger partial charge in [0.15, 0.2) is 0 Å². The number of rotatable bonds is 6. The van der Waals surface area contributed by atoms with Crippen LogP contribution in [0.2, 0.25) is 0 Å². The molecule has 0 spiro atoms. The Morgan fingerprint density at radius 3 is 2.90 bits per heavy atom. The fourth-order valence-electron chi connectivity index (χ4n) is 3.84. The summed E-state index contributed by atoms with van der Waals surface area (Å²) in [6, 6.07) is 20.0. The van der Waals surface area contributed by atoms with E-state index in [0.717, 1.165) is 36.5 Å². The molecule has 0 aliphatic carbocycles. The van der Waals surface area contributed by atoms with Crippen LogP contribution in [0, 0.1) is 0 Å². The van der Waals surface area contributed by atoms with Gasteiger partial charge < -0.3 is 15.0 Å². The van der Waals surface area contributed by atoms with Crippen molar-refractivity contribution in [3.8, 4) is 5.75 Å². The van der Waals surface area contributed by atoms with E-state index in [9.17, 15) is 4.79 Å². The van der Waals surface area contributed by atoms with Crippen molar-refractivity contribution in [2.24, 2.45) is 0 Å². The zero-order valence-corrected chi connectivity index (χ0v) is 16.8. The number of fused-ring (bicyclic) bond motifs is 1. The van der Waals surface area contributed by atoms with Gasteiger partial charge in [-0.3, -0.25) is 9.78 Å². The molecule has 0 fully saturated rings. The van der Waals surface area contributed by atoms with Crippen LogP contribution in [0.25, 0.3) is 0 Å². The molecular formula is C24H25N3O2. The highest BCUT2D eigenvalue weighted by atomic mass is 16.5. The van der Waals surface area contributed by atoms with Gasteiger partial charge in [-0.05, 0) is 61.2 Å². The number of anilines is 2. The van der Waals surface area contributed by atoms with E-state index < -0.39 is 0 Å². The van der Waals surface area contributed by atoms with Gasteiger partial charge in [0.2, 0.25) is 0 Å². The first kappa shape index (κ1) is 19.0. The Morgan fingerprint density at radius 1 is 1.17 bits per heavy atom. The number of amides is 1. The number of methoxy groups -OCH3 is 1. The third kappa shape index (κ3) is 4.09. The number of aromatic nitrogens is 1. The molecule has 0 bridgehead atoms. The van der Waals surface area contributed by atoms with Crippen LogP contribution in [0.1, 0.15) is 28.5 Å². The third-order valence-electron chi connectivity index (χ3n) is 5.28. The number of pyridine rings is 1. The van der Waals surface area contributed by atoms with Crippen molar-refractivity contribution in [3.05, 3.63) is 83.7 Å². The zero-order valence-electron chi connectivity index (χ0n) is 16.8. The van der Waals surface area contributed by atoms with Crippen LogP contribution in [-0.4, -0.2) is 30.6 Å². The Hall–Kier alpha value is -3.34. The number of hydrogen-bond acceptors (Lipinski definition) is 4. The number of carbonyl (C=O) groups is 1. The Morgan fingerprint density at radius 2 is 2.03 bits per heavy atom. The third-order valence-corrected chi connectivity index (χ3v) is 5.28. The van der Waals surface area contributed by atoms with Crippen molar-refractivity contribution < 1.29 is 9.53 Å². The number of carbonyl (C=O) groups excluding carboxylic acids is 1. The first-order valence-electron chi connectivity index (χ1n) is 9.90. The van der Waals surface area contributed by atoms with Gasteiger partial charge in [-0.25, -0.2) is 0 Å². The first-order valence-corrected chi connectivity index (χ1v) is 9.90. The predicted molar refractivity (Wildman–Crippen MR) is 116 cm³/mol. The molecule has 0 saturated heterocycles. The number of nitrogens with one attached hydrogen (secondary N) is 1. The van der Waals surface area contributed by atoms with Gasteiger partial charge in [-0.15, -0.1) is 0 Å². The number of benzene rings is 2. The molecule has 148 valence electrons. The summed E-state index contributed by atoms with van der Waals surface area (Å²) in [5, 5.41) is 3.40. The maximum absolute atomic E-state index is 13.2. The highest BCUT2D eigenvalue weighted by molar-refractivity contribution is 6.06. The van der Waals surface area contributed by atoms with E-state index in [4.69, 9.17) is 4.74 Å². The summed E-state index contributed by atoms with van der Waals surface area (Å²) in [7, 11) is 1.67. The lowest BCUT2D eigenvalue weighted by atomic mass is 10.1. The largest absolute Gasteiger partial charge is 0.497 e. The number of ether oxygens (including phenoxy) is 1. The highest BCUT2D eigenvalue weighted by Crippen LogP contribution is 2.33. The molecule has 1 aliphatic rings. The molecule has 4 rings (SSSR count). The van der Waals surface area contributed by atoms with Crippen molar-refractivity contribution in [1.82, 2.24) is 4.98 Å². The zero-order chi connectivity index (χ0) is 20.2. The van der Waals surface area contributed by atoms with Gasteiger partial charge in [0.05, 0.1) is 7.11 Å². The minimum absolute atomic E-state index is 0.0566. The number of para-hydroxylation sites is 1. The fourth-order valence-corrected chi connectivity index (χ4v) is 3.84. The molecule has 2 heterocycles. The second kappa shape index (κ2) is 8.35. The van der Waals surface area contributed by atoms with Crippen LogP contribution < -0.4 is 15.0 Å². The van der Waals surface area contributed by atoms with E-state index in [1.165, 1.54) is 11.1 Å². The van der Waals surface area contributed by atoms with Crippen molar-refractivity contribution in [3.63, 3.8) is 0 Å².